The molecule has 2 rings (SSSR count). The molecule has 1 fully saturated rings. The van der Waals surface area contributed by atoms with E-state index in [0.29, 0.717) is 12.0 Å². The van der Waals surface area contributed by atoms with Gasteiger partial charge in [0, 0.05) is 19.3 Å². The Hall–Kier alpha value is -1.41. The average molecular weight is 348 g/mol. The summed E-state index contributed by atoms with van der Waals surface area (Å²) in [5, 5.41) is 3.56. The number of nitrogens with one attached hydrogen (secondary N) is 1. The number of carbonyl (C=O) groups excluding carboxylic acids is 1. The van der Waals surface area contributed by atoms with E-state index >= 15 is 0 Å². The van der Waals surface area contributed by atoms with E-state index in [4.69, 9.17) is 9.78 Å². The number of nitrogens with zero attached hydrogens (tertiary/aromatic N) is 3. The van der Waals surface area contributed by atoms with Gasteiger partial charge < -0.3 is 14.8 Å². The van der Waals surface area contributed by atoms with Crippen molar-refractivity contribution in [1.82, 2.24) is 19.8 Å². The maximum Gasteiger partial charge on any atom is 0.446 e. The molecule has 1 N–H and O–H groups in total. The molecule has 5 nitrogen and oxygen atoms in total. The van der Waals surface area contributed by atoms with E-state index in [1.165, 1.54) is 24.4 Å². The van der Waals surface area contributed by atoms with E-state index in [0.717, 1.165) is 19.6 Å². The van der Waals surface area contributed by atoms with Gasteiger partial charge in [-0.2, -0.15) is 13.2 Å². The van der Waals surface area contributed by atoms with Crippen molar-refractivity contribution in [1.29, 1.82) is 0 Å². The number of aldehydes is 1. The zero-order chi connectivity index (χ0) is 18.3. The Labute approximate surface area is 141 Å². The molecular formula is C16H27F3N4O. The molecule has 1 aliphatic rings. The first kappa shape index (κ1) is 20.6. The Morgan fingerprint density at radius 1 is 1.46 bits per heavy atom. The summed E-state index contributed by atoms with van der Waals surface area (Å²) in [5.74, 6) is 1.74. The summed E-state index contributed by atoms with van der Waals surface area (Å²) in [4.78, 5) is 15.8. The minimum Gasteiger partial charge on any atom is -0.332 e. The van der Waals surface area contributed by atoms with Crippen molar-refractivity contribution in [2.24, 2.45) is 0 Å². The Kier molecular flexibility index (Phi) is 7.89. The third-order valence-corrected chi connectivity index (χ3v) is 3.71. The summed E-state index contributed by atoms with van der Waals surface area (Å²) >= 11 is 0. The number of rotatable bonds is 5. The number of hydrogen-bond acceptors (Lipinski definition) is 4. The van der Waals surface area contributed by atoms with Crippen LogP contribution in [-0.4, -0.2) is 54.1 Å². The van der Waals surface area contributed by atoms with E-state index in [9.17, 15) is 13.2 Å². The molecule has 1 saturated heterocycles. The van der Waals surface area contributed by atoms with Crippen molar-refractivity contribution in [2.75, 3.05) is 27.2 Å². The molecule has 0 aliphatic carbocycles. The predicted octanol–water partition coefficient (Wildman–Crippen LogP) is 2.74. The Bertz CT molecular complexity index is 506. The van der Waals surface area contributed by atoms with Crippen molar-refractivity contribution in [3.63, 3.8) is 0 Å². The molecule has 0 aromatic carbocycles. The van der Waals surface area contributed by atoms with Crippen LogP contribution in [0.4, 0.5) is 13.2 Å². The fourth-order valence-corrected chi connectivity index (χ4v) is 2.40. The van der Waals surface area contributed by atoms with Gasteiger partial charge in [-0.05, 0) is 39.4 Å². The van der Waals surface area contributed by atoms with Gasteiger partial charge in [0.15, 0.2) is 0 Å². The standard InChI is InChI=1S/C14H26N4.C2HF3O/c1-11(2)13-10-18(9-8-17(3)4)14(16-13)12-6-5-7-15-12;3-2(4,5)1-6/h10-12,15H,5-9H2,1-4H3;1H/t12-;/m0./s1. The van der Waals surface area contributed by atoms with Gasteiger partial charge in [0.2, 0.25) is 6.29 Å². The number of halogens is 3. The second kappa shape index (κ2) is 9.17. The molecule has 2 heterocycles. The van der Waals surface area contributed by atoms with Crippen molar-refractivity contribution in [2.45, 2.75) is 51.4 Å². The molecular weight excluding hydrogens is 321 g/mol. The number of carbonyl (C=O) groups is 1. The fraction of sp³-hybridized carbons (Fsp3) is 0.750. The maximum atomic E-state index is 10.4. The lowest BCUT2D eigenvalue weighted by molar-refractivity contribution is -0.156. The second-order valence-electron chi connectivity index (χ2n) is 6.48. The van der Waals surface area contributed by atoms with Crippen molar-refractivity contribution in [3.8, 4) is 0 Å². The highest BCUT2D eigenvalue weighted by atomic mass is 19.4. The third kappa shape index (κ3) is 7.00. The first-order valence-electron chi connectivity index (χ1n) is 8.12. The summed E-state index contributed by atoms with van der Waals surface area (Å²) in [5.41, 5.74) is 1.22. The van der Waals surface area contributed by atoms with Crippen LogP contribution in [-0.2, 0) is 11.3 Å². The quantitative estimate of drug-likeness (QED) is 0.832. The summed E-state index contributed by atoms with van der Waals surface area (Å²) in [6, 6.07) is 0.458. The van der Waals surface area contributed by atoms with E-state index in [2.05, 4.69) is 48.9 Å². The molecule has 1 aromatic rings. The van der Waals surface area contributed by atoms with E-state index in [1.807, 2.05) is 0 Å². The molecule has 8 heteroatoms. The van der Waals surface area contributed by atoms with Gasteiger partial charge in [0.1, 0.15) is 5.82 Å². The van der Waals surface area contributed by atoms with Gasteiger partial charge in [-0.25, -0.2) is 4.98 Å². The Balaban J connectivity index is 0.000000413. The van der Waals surface area contributed by atoms with Crippen molar-refractivity contribution in [3.05, 3.63) is 17.7 Å². The third-order valence-electron chi connectivity index (χ3n) is 3.71. The Morgan fingerprint density at radius 2 is 2.08 bits per heavy atom. The second-order valence-corrected chi connectivity index (χ2v) is 6.48. The van der Waals surface area contributed by atoms with Gasteiger partial charge in [-0.3, -0.25) is 4.79 Å². The summed E-state index contributed by atoms with van der Waals surface area (Å²) < 4.78 is 33.6. The molecule has 0 bridgehead atoms. The lowest BCUT2D eigenvalue weighted by atomic mass is 10.1. The minimum atomic E-state index is -4.64. The molecule has 0 radical (unpaired) electrons. The first-order valence-corrected chi connectivity index (χ1v) is 8.12. The Morgan fingerprint density at radius 3 is 2.50 bits per heavy atom. The zero-order valence-electron chi connectivity index (χ0n) is 14.7. The fourth-order valence-electron chi connectivity index (χ4n) is 2.40. The van der Waals surface area contributed by atoms with Gasteiger partial charge in [-0.1, -0.05) is 13.8 Å². The normalized spacial score (nSPS) is 18.0. The highest BCUT2D eigenvalue weighted by molar-refractivity contribution is 5.56. The van der Waals surface area contributed by atoms with Crippen LogP contribution in [0.3, 0.4) is 0 Å². The summed E-state index contributed by atoms with van der Waals surface area (Å²) in [7, 11) is 4.24. The van der Waals surface area contributed by atoms with Gasteiger partial charge >= 0.3 is 6.18 Å². The largest absolute Gasteiger partial charge is 0.446 e. The number of likely N-dealkylation sites (N-methyl/N-ethyl adjacent to an activating group) is 1. The van der Waals surface area contributed by atoms with Gasteiger partial charge in [0.05, 0.1) is 11.7 Å². The van der Waals surface area contributed by atoms with Crippen LogP contribution < -0.4 is 5.32 Å². The molecule has 1 atom stereocenters. The highest BCUT2D eigenvalue weighted by Gasteiger charge is 2.25. The monoisotopic (exact) mass is 348 g/mol. The van der Waals surface area contributed by atoms with E-state index in [1.54, 1.807) is 0 Å². The molecule has 24 heavy (non-hydrogen) atoms. The van der Waals surface area contributed by atoms with Crippen molar-refractivity contribution < 1.29 is 18.0 Å². The summed E-state index contributed by atoms with van der Waals surface area (Å²) in [6.45, 7) is 7.64. The molecule has 1 aromatic heterocycles. The molecule has 1 aliphatic heterocycles. The van der Waals surface area contributed by atoms with E-state index in [-0.39, 0.29) is 0 Å². The van der Waals surface area contributed by atoms with Crippen LogP contribution in [0, 0.1) is 0 Å². The lowest BCUT2D eigenvalue weighted by Crippen LogP contribution is -2.22. The van der Waals surface area contributed by atoms with Crippen LogP contribution in [0.1, 0.15) is 50.2 Å². The number of aromatic nitrogens is 2. The predicted molar refractivity (Wildman–Crippen MR) is 87.0 cm³/mol. The van der Waals surface area contributed by atoms with Crippen LogP contribution in [0.15, 0.2) is 6.20 Å². The number of imidazole rings is 1. The number of alkyl halides is 3. The smallest absolute Gasteiger partial charge is 0.332 e. The topological polar surface area (TPSA) is 50.2 Å². The number of hydrogen-bond donors (Lipinski definition) is 1. The average Bonchev–Trinajstić information content (AvgIpc) is 3.14. The highest BCUT2D eigenvalue weighted by Crippen LogP contribution is 2.24. The molecule has 0 unspecified atom stereocenters. The van der Waals surface area contributed by atoms with E-state index < -0.39 is 12.5 Å². The maximum absolute atomic E-state index is 10.4. The van der Waals surface area contributed by atoms with Crippen molar-refractivity contribution >= 4 is 6.29 Å². The molecule has 0 amide bonds. The van der Waals surface area contributed by atoms with Crippen LogP contribution in [0.25, 0.3) is 0 Å². The zero-order valence-corrected chi connectivity index (χ0v) is 14.7. The molecule has 0 spiro atoms. The van der Waals surface area contributed by atoms with Crippen LogP contribution >= 0.6 is 0 Å². The summed E-state index contributed by atoms with van der Waals surface area (Å²) in [6.07, 6.45) is -0.977. The molecule has 0 saturated carbocycles. The van der Waals surface area contributed by atoms with Crippen LogP contribution in [0.2, 0.25) is 0 Å². The van der Waals surface area contributed by atoms with Crippen LogP contribution in [0.5, 0.6) is 0 Å². The minimum absolute atomic E-state index is 0.458. The first-order chi connectivity index (χ1) is 11.1. The lowest BCUT2D eigenvalue weighted by Gasteiger charge is -2.15. The SMILES string of the molecule is CC(C)c1cn(CCN(C)C)c([C@@H]2CCCN2)n1.O=CC(F)(F)F. The molecule has 138 valence electrons. The van der Waals surface area contributed by atoms with Gasteiger partial charge in [-0.15, -0.1) is 0 Å². The van der Waals surface area contributed by atoms with Gasteiger partial charge in [0.25, 0.3) is 0 Å².